The number of carbonyl (C=O) groups is 1. The molecule has 108 valence electrons. The first-order valence-corrected chi connectivity index (χ1v) is 6.94. The van der Waals surface area contributed by atoms with Gasteiger partial charge in [0.05, 0.1) is 11.7 Å². The molecule has 0 aliphatic rings. The first kappa shape index (κ1) is 15.7. The van der Waals surface area contributed by atoms with Gasteiger partial charge >= 0.3 is 0 Å². The summed E-state index contributed by atoms with van der Waals surface area (Å²) in [6.45, 7) is 9.61. The van der Waals surface area contributed by atoms with Gasteiger partial charge in [0.25, 0.3) is 0 Å². The molecule has 1 unspecified atom stereocenters. The lowest BCUT2D eigenvalue weighted by Crippen LogP contribution is -2.41. The predicted molar refractivity (Wildman–Crippen MR) is 76.8 cm³/mol. The summed E-state index contributed by atoms with van der Waals surface area (Å²) in [5.41, 5.74) is 7.99. The maximum atomic E-state index is 11.7. The molecule has 0 aliphatic heterocycles. The van der Waals surface area contributed by atoms with Gasteiger partial charge in [0.15, 0.2) is 0 Å². The van der Waals surface area contributed by atoms with Crippen molar-refractivity contribution in [3.8, 4) is 0 Å². The number of aryl methyl sites for hydroxylation is 3. The number of nitrogens with one attached hydrogen (secondary N) is 1. The van der Waals surface area contributed by atoms with Crippen LogP contribution in [0.1, 0.15) is 38.1 Å². The third-order valence-corrected chi connectivity index (χ3v) is 3.01. The molecule has 1 aromatic heterocycles. The van der Waals surface area contributed by atoms with E-state index in [4.69, 9.17) is 5.73 Å². The minimum atomic E-state index is -0.395. The van der Waals surface area contributed by atoms with Crippen molar-refractivity contribution in [3.63, 3.8) is 0 Å². The molecule has 1 heterocycles. The fourth-order valence-electron chi connectivity index (χ4n) is 2.09. The summed E-state index contributed by atoms with van der Waals surface area (Å²) < 4.78 is 1.97. The van der Waals surface area contributed by atoms with E-state index in [1.54, 1.807) is 0 Å². The van der Waals surface area contributed by atoms with E-state index in [1.165, 1.54) is 0 Å². The normalized spacial score (nSPS) is 12.7. The van der Waals surface area contributed by atoms with Crippen LogP contribution in [-0.2, 0) is 11.3 Å². The highest BCUT2D eigenvalue weighted by molar-refractivity contribution is 5.81. The zero-order valence-electron chi connectivity index (χ0n) is 12.4. The van der Waals surface area contributed by atoms with E-state index in [-0.39, 0.29) is 5.91 Å². The van der Waals surface area contributed by atoms with Gasteiger partial charge in [-0.05, 0) is 38.7 Å². The van der Waals surface area contributed by atoms with Gasteiger partial charge < -0.3 is 11.1 Å². The quantitative estimate of drug-likeness (QED) is 0.732. The Bertz CT molecular complexity index is 412. The van der Waals surface area contributed by atoms with E-state index >= 15 is 0 Å². The maximum absolute atomic E-state index is 11.7. The second kappa shape index (κ2) is 7.28. The van der Waals surface area contributed by atoms with Crippen molar-refractivity contribution in [3.05, 3.63) is 17.5 Å². The zero-order chi connectivity index (χ0) is 14.4. The van der Waals surface area contributed by atoms with Crippen molar-refractivity contribution in [2.75, 3.05) is 6.54 Å². The van der Waals surface area contributed by atoms with Crippen molar-refractivity contribution in [1.82, 2.24) is 15.1 Å². The fraction of sp³-hybridized carbons (Fsp3) is 0.714. The third-order valence-electron chi connectivity index (χ3n) is 3.01. The third kappa shape index (κ3) is 5.42. The summed E-state index contributed by atoms with van der Waals surface area (Å²) in [4.78, 5) is 11.7. The number of nitrogens with two attached hydrogens (primary N) is 1. The van der Waals surface area contributed by atoms with Crippen molar-refractivity contribution in [2.45, 2.75) is 53.1 Å². The van der Waals surface area contributed by atoms with E-state index in [9.17, 15) is 4.79 Å². The minimum Gasteiger partial charge on any atom is -0.355 e. The first-order chi connectivity index (χ1) is 8.90. The van der Waals surface area contributed by atoms with Gasteiger partial charge in [0.1, 0.15) is 0 Å². The van der Waals surface area contributed by atoms with Crippen molar-refractivity contribution < 1.29 is 4.79 Å². The SMILES string of the molecule is Cc1cc(C)n(CCCNC(=O)C(N)CC(C)C)n1. The van der Waals surface area contributed by atoms with Gasteiger partial charge in [-0.25, -0.2) is 0 Å². The molecule has 1 aromatic rings. The zero-order valence-corrected chi connectivity index (χ0v) is 12.4. The molecule has 0 aliphatic carbocycles. The summed E-state index contributed by atoms with van der Waals surface area (Å²) in [5, 5.41) is 7.26. The largest absolute Gasteiger partial charge is 0.355 e. The van der Waals surface area contributed by atoms with Gasteiger partial charge in [0, 0.05) is 18.8 Å². The van der Waals surface area contributed by atoms with Gasteiger partial charge in [0.2, 0.25) is 5.91 Å². The highest BCUT2D eigenvalue weighted by Gasteiger charge is 2.13. The summed E-state index contributed by atoms with van der Waals surface area (Å²) in [7, 11) is 0. The van der Waals surface area contributed by atoms with Crippen LogP contribution in [0.5, 0.6) is 0 Å². The molecular formula is C14H26N4O. The molecule has 5 heteroatoms. The molecule has 0 bridgehead atoms. The van der Waals surface area contributed by atoms with Crippen molar-refractivity contribution in [1.29, 1.82) is 0 Å². The molecule has 1 rings (SSSR count). The van der Waals surface area contributed by atoms with E-state index in [2.05, 4.69) is 30.3 Å². The Morgan fingerprint density at radius 2 is 2.16 bits per heavy atom. The summed E-state index contributed by atoms with van der Waals surface area (Å²) in [6.07, 6.45) is 1.59. The summed E-state index contributed by atoms with van der Waals surface area (Å²) >= 11 is 0. The highest BCUT2D eigenvalue weighted by Crippen LogP contribution is 2.03. The molecular weight excluding hydrogens is 240 g/mol. The number of carbonyl (C=O) groups excluding carboxylic acids is 1. The average molecular weight is 266 g/mol. The van der Waals surface area contributed by atoms with Gasteiger partial charge in [-0.2, -0.15) is 5.10 Å². The molecule has 0 spiro atoms. The van der Waals surface area contributed by atoms with Crippen LogP contribution in [0.25, 0.3) is 0 Å². The fourth-order valence-corrected chi connectivity index (χ4v) is 2.09. The van der Waals surface area contributed by atoms with Crippen LogP contribution in [0.15, 0.2) is 6.07 Å². The molecule has 0 saturated heterocycles. The van der Waals surface area contributed by atoms with Crippen LogP contribution >= 0.6 is 0 Å². The second-order valence-electron chi connectivity index (χ2n) is 5.53. The molecule has 0 radical (unpaired) electrons. The maximum Gasteiger partial charge on any atom is 0.236 e. The number of nitrogens with zero attached hydrogens (tertiary/aromatic N) is 2. The van der Waals surface area contributed by atoms with Crippen LogP contribution in [0.2, 0.25) is 0 Å². The summed E-state index contributed by atoms with van der Waals surface area (Å²) in [6, 6.07) is 1.66. The smallest absolute Gasteiger partial charge is 0.236 e. The number of hydrogen-bond donors (Lipinski definition) is 2. The Morgan fingerprint density at radius 1 is 1.47 bits per heavy atom. The topological polar surface area (TPSA) is 72.9 Å². The van der Waals surface area contributed by atoms with Crippen LogP contribution in [0.3, 0.4) is 0 Å². The van der Waals surface area contributed by atoms with E-state index in [0.29, 0.717) is 12.5 Å². The molecule has 1 amide bonds. The molecule has 0 saturated carbocycles. The van der Waals surface area contributed by atoms with Gasteiger partial charge in [-0.15, -0.1) is 0 Å². The molecule has 19 heavy (non-hydrogen) atoms. The average Bonchev–Trinajstić information content (AvgIpc) is 2.62. The monoisotopic (exact) mass is 266 g/mol. The standard InChI is InChI=1S/C14H26N4O/c1-10(2)8-13(15)14(19)16-6-5-7-18-12(4)9-11(3)17-18/h9-10,13H,5-8,15H2,1-4H3,(H,16,19). The Hall–Kier alpha value is -1.36. The molecule has 0 aromatic carbocycles. The molecule has 5 nitrogen and oxygen atoms in total. The van der Waals surface area contributed by atoms with Crippen LogP contribution in [0.4, 0.5) is 0 Å². The number of hydrogen-bond acceptors (Lipinski definition) is 3. The highest BCUT2D eigenvalue weighted by atomic mass is 16.2. The molecule has 0 fully saturated rings. The van der Waals surface area contributed by atoms with Gasteiger partial charge in [-0.1, -0.05) is 13.8 Å². The lowest BCUT2D eigenvalue weighted by molar-refractivity contribution is -0.122. The first-order valence-electron chi connectivity index (χ1n) is 6.94. The second-order valence-corrected chi connectivity index (χ2v) is 5.53. The van der Waals surface area contributed by atoms with Crippen molar-refractivity contribution >= 4 is 5.91 Å². The Balaban J connectivity index is 2.24. The lowest BCUT2D eigenvalue weighted by atomic mass is 10.0. The van der Waals surface area contributed by atoms with Gasteiger partial charge in [-0.3, -0.25) is 9.48 Å². The van der Waals surface area contributed by atoms with E-state index in [1.807, 2.05) is 18.5 Å². The number of rotatable bonds is 7. The van der Waals surface area contributed by atoms with E-state index < -0.39 is 6.04 Å². The Kier molecular flexibility index (Phi) is 6.02. The minimum absolute atomic E-state index is 0.0536. The number of aromatic nitrogens is 2. The predicted octanol–water partition coefficient (Wildman–Crippen LogP) is 1.38. The van der Waals surface area contributed by atoms with Crippen LogP contribution in [0, 0.1) is 19.8 Å². The lowest BCUT2D eigenvalue weighted by Gasteiger charge is -2.14. The van der Waals surface area contributed by atoms with Crippen LogP contribution in [-0.4, -0.2) is 28.3 Å². The number of amides is 1. The Morgan fingerprint density at radius 3 is 2.68 bits per heavy atom. The molecule has 1 atom stereocenters. The van der Waals surface area contributed by atoms with Crippen LogP contribution < -0.4 is 11.1 Å². The molecule has 3 N–H and O–H groups in total. The van der Waals surface area contributed by atoms with Crippen molar-refractivity contribution in [2.24, 2.45) is 11.7 Å². The summed E-state index contributed by atoms with van der Waals surface area (Å²) in [5.74, 6) is 0.387. The van der Waals surface area contributed by atoms with E-state index in [0.717, 1.165) is 30.8 Å². The Labute approximate surface area is 115 Å².